The summed E-state index contributed by atoms with van der Waals surface area (Å²) in [5.41, 5.74) is -0.0718. The molecule has 0 radical (unpaired) electrons. The predicted molar refractivity (Wildman–Crippen MR) is 78.3 cm³/mol. The van der Waals surface area contributed by atoms with Crippen LogP contribution in [-0.2, 0) is 6.54 Å². The Labute approximate surface area is 116 Å². The molecule has 2 rings (SSSR count). The first-order valence-electron chi connectivity index (χ1n) is 6.19. The largest absolute Gasteiger partial charge is 0.496 e. The smallest absolute Gasteiger partial charge is 0.260 e. The number of nitrogens with zero attached hydrogens (tertiary/aromatic N) is 1. The fourth-order valence-corrected chi connectivity index (χ4v) is 2.36. The molecule has 0 aliphatic rings. The Balaban J connectivity index is 2.52. The molecule has 1 aromatic heterocycles. The molecule has 1 N–H and O–H groups in total. The van der Waals surface area contributed by atoms with E-state index in [1.165, 1.54) is 0 Å². The minimum absolute atomic E-state index is 0.0718. The topological polar surface area (TPSA) is 43.3 Å². The zero-order valence-electron chi connectivity index (χ0n) is 11.1. The SMILES string of the molecule is CNCCCn1ccc2c(OC)ccc(Cl)c2c1=O. The number of benzene rings is 1. The van der Waals surface area contributed by atoms with E-state index >= 15 is 0 Å². The molecular weight excluding hydrogens is 264 g/mol. The zero-order valence-corrected chi connectivity index (χ0v) is 11.8. The van der Waals surface area contributed by atoms with Crippen molar-refractivity contribution in [1.29, 1.82) is 0 Å². The van der Waals surface area contributed by atoms with Crippen LogP contribution in [0.4, 0.5) is 0 Å². The van der Waals surface area contributed by atoms with Crippen molar-refractivity contribution in [3.63, 3.8) is 0 Å². The molecule has 0 aliphatic carbocycles. The van der Waals surface area contributed by atoms with Gasteiger partial charge in [0.2, 0.25) is 0 Å². The minimum Gasteiger partial charge on any atom is -0.496 e. The Bertz CT molecular complexity index is 637. The van der Waals surface area contributed by atoms with Gasteiger partial charge in [-0.1, -0.05) is 11.6 Å². The molecule has 1 aromatic carbocycles. The van der Waals surface area contributed by atoms with Gasteiger partial charge in [-0.3, -0.25) is 4.79 Å². The standard InChI is InChI=1S/C14H17ClN2O2/c1-16-7-3-8-17-9-6-10-12(19-2)5-4-11(15)13(10)14(17)18/h4-6,9,16H,3,7-8H2,1-2H3. The van der Waals surface area contributed by atoms with E-state index in [0.29, 0.717) is 22.7 Å². The van der Waals surface area contributed by atoms with Crippen molar-refractivity contribution in [3.05, 3.63) is 39.8 Å². The lowest BCUT2D eigenvalue weighted by molar-refractivity contribution is 0.419. The zero-order chi connectivity index (χ0) is 13.8. The monoisotopic (exact) mass is 280 g/mol. The summed E-state index contributed by atoms with van der Waals surface area (Å²) in [6.45, 7) is 1.54. The molecule has 0 unspecified atom stereocenters. The third-order valence-electron chi connectivity index (χ3n) is 3.10. The van der Waals surface area contributed by atoms with Gasteiger partial charge in [0.1, 0.15) is 5.75 Å². The highest BCUT2D eigenvalue weighted by atomic mass is 35.5. The summed E-state index contributed by atoms with van der Waals surface area (Å²) in [7, 11) is 3.48. The molecule has 19 heavy (non-hydrogen) atoms. The van der Waals surface area contributed by atoms with Crippen LogP contribution in [0.25, 0.3) is 10.8 Å². The van der Waals surface area contributed by atoms with Crippen LogP contribution in [0, 0.1) is 0 Å². The van der Waals surface area contributed by atoms with Crippen molar-refractivity contribution in [1.82, 2.24) is 9.88 Å². The summed E-state index contributed by atoms with van der Waals surface area (Å²) in [6, 6.07) is 5.35. The Kier molecular flexibility index (Phi) is 4.45. The average Bonchev–Trinajstić information content (AvgIpc) is 2.42. The second kappa shape index (κ2) is 6.08. The highest BCUT2D eigenvalue weighted by Gasteiger charge is 2.10. The maximum atomic E-state index is 12.4. The minimum atomic E-state index is -0.0718. The summed E-state index contributed by atoms with van der Waals surface area (Å²) < 4.78 is 6.94. The molecule has 0 fully saturated rings. The molecule has 5 heteroatoms. The third kappa shape index (κ3) is 2.74. The van der Waals surface area contributed by atoms with Gasteiger partial charge in [-0.2, -0.15) is 0 Å². The number of methoxy groups -OCH3 is 1. The molecule has 1 heterocycles. The van der Waals surface area contributed by atoms with E-state index in [2.05, 4.69) is 5.32 Å². The predicted octanol–water partition coefficient (Wildman–Crippen LogP) is 2.27. The van der Waals surface area contributed by atoms with Crippen molar-refractivity contribution < 1.29 is 4.74 Å². The number of ether oxygens (including phenoxy) is 1. The van der Waals surface area contributed by atoms with E-state index in [4.69, 9.17) is 16.3 Å². The lowest BCUT2D eigenvalue weighted by Gasteiger charge is -2.10. The molecule has 0 aliphatic heterocycles. The van der Waals surface area contributed by atoms with Crippen LogP contribution in [0.5, 0.6) is 5.75 Å². The fraction of sp³-hybridized carbons (Fsp3) is 0.357. The molecule has 0 bridgehead atoms. The summed E-state index contributed by atoms with van der Waals surface area (Å²) in [6.07, 6.45) is 2.68. The Hall–Kier alpha value is -1.52. The van der Waals surface area contributed by atoms with Gasteiger partial charge in [0.15, 0.2) is 0 Å². The number of rotatable bonds is 5. The van der Waals surface area contributed by atoms with Crippen molar-refractivity contribution in [2.24, 2.45) is 0 Å². The van der Waals surface area contributed by atoms with Crippen molar-refractivity contribution in [2.45, 2.75) is 13.0 Å². The molecule has 0 spiro atoms. The van der Waals surface area contributed by atoms with E-state index in [0.717, 1.165) is 18.4 Å². The van der Waals surface area contributed by atoms with Crippen LogP contribution in [0.15, 0.2) is 29.2 Å². The molecule has 0 saturated carbocycles. The Morgan fingerprint density at radius 2 is 2.16 bits per heavy atom. The number of pyridine rings is 1. The first-order chi connectivity index (χ1) is 9.19. The first-order valence-corrected chi connectivity index (χ1v) is 6.57. The normalized spacial score (nSPS) is 10.9. The van der Waals surface area contributed by atoms with Crippen LogP contribution in [0.2, 0.25) is 5.02 Å². The lowest BCUT2D eigenvalue weighted by atomic mass is 10.1. The highest BCUT2D eigenvalue weighted by Crippen LogP contribution is 2.28. The van der Waals surface area contributed by atoms with E-state index in [-0.39, 0.29) is 5.56 Å². The molecule has 2 aromatic rings. The summed E-state index contributed by atoms with van der Waals surface area (Å²) in [5, 5.41) is 4.80. The van der Waals surface area contributed by atoms with Gasteiger partial charge in [0.25, 0.3) is 5.56 Å². The van der Waals surface area contributed by atoms with E-state index in [9.17, 15) is 4.79 Å². The summed E-state index contributed by atoms with van der Waals surface area (Å²) >= 11 is 6.14. The number of aryl methyl sites for hydroxylation is 1. The Morgan fingerprint density at radius 3 is 2.84 bits per heavy atom. The highest BCUT2D eigenvalue weighted by molar-refractivity contribution is 6.35. The number of halogens is 1. The van der Waals surface area contributed by atoms with Crippen LogP contribution in [-0.4, -0.2) is 25.3 Å². The van der Waals surface area contributed by atoms with E-state index in [1.807, 2.05) is 13.1 Å². The van der Waals surface area contributed by atoms with Gasteiger partial charge in [-0.05, 0) is 38.2 Å². The van der Waals surface area contributed by atoms with Crippen LogP contribution in [0.3, 0.4) is 0 Å². The fourth-order valence-electron chi connectivity index (χ4n) is 2.11. The lowest BCUT2D eigenvalue weighted by Crippen LogP contribution is -2.22. The van der Waals surface area contributed by atoms with Gasteiger partial charge in [-0.25, -0.2) is 0 Å². The van der Waals surface area contributed by atoms with Crippen molar-refractivity contribution >= 4 is 22.4 Å². The van der Waals surface area contributed by atoms with Gasteiger partial charge >= 0.3 is 0 Å². The quantitative estimate of drug-likeness (QED) is 0.855. The van der Waals surface area contributed by atoms with Crippen molar-refractivity contribution in [2.75, 3.05) is 20.7 Å². The maximum absolute atomic E-state index is 12.4. The number of aromatic nitrogens is 1. The van der Waals surface area contributed by atoms with Crippen LogP contribution in [0.1, 0.15) is 6.42 Å². The average molecular weight is 281 g/mol. The second-order valence-electron chi connectivity index (χ2n) is 4.31. The number of fused-ring (bicyclic) bond motifs is 1. The van der Waals surface area contributed by atoms with E-state index < -0.39 is 0 Å². The van der Waals surface area contributed by atoms with Gasteiger partial charge in [0.05, 0.1) is 17.5 Å². The van der Waals surface area contributed by atoms with Gasteiger partial charge in [-0.15, -0.1) is 0 Å². The Morgan fingerprint density at radius 1 is 1.37 bits per heavy atom. The first kappa shape index (κ1) is 13.9. The van der Waals surface area contributed by atoms with Crippen LogP contribution >= 0.6 is 11.6 Å². The maximum Gasteiger partial charge on any atom is 0.260 e. The molecule has 0 atom stereocenters. The van der Waals surface area contributed by atoms with Crippen LogP contribution < -0.4 is 15.6 Å². The number of hydrogen-bond acceptors (Lipinski definition) is 3. The summed E-state index contributed by atoms with van der Waals surface area (Å²) in [5.74, 6) is 0.666. The molecule has 102 valence electrons. The number of hydrogen-bond donors (Lipinski definition) is 1. The molecule has 0 saturated heterocycles. The third-order valence-corrected chi connectivity index (χ3v) is 3.41. The summed E-state index contributed by atoms with van der Waals surface area (Å²) in [4.78, 5) is 12.4. The van der Waals surface area contributed by atoms with E-state index in [1.54, 1.807) is 30.0 Å². The van der Waals surface area contributed by atoms with Crippen molar-refractivity contribution in [3.8, 4) is 5.75 Å². The molecule has 4 nitrogen and oxygen atoms in total. The molecular formula is C14H17ClN2O2. The molecule has 0 amide bonds. The second-order valence-corrected chi connectivity index (χ2v) is 4.72. The number of nitrogens with one attached hydrogen (secondary N) is 1. The van der Waals surface area contributed by atoms with Gasteiger partial charge < -0.3 is 14.6 Å². The van der Waals surface area contributed by atoms with Gasteiger partial charge in [0, 0.05) is 18.1 Å².